The van der Waals surface area contributed by atoms with Crippen molar-refractivity contribution in [2.24, 2.45) is 0 Å². The highest BCUT2D eigenvalue weighted by molar-refractivity contribution is 7.59. The van der Waals surface area contributed by atoms with E-state index >= 15 is 0 Å². The molecule has 42 valence electrons. The summed E-state index contributed by atoms with van der Waals surface area (Å²) in [5, 5.41) is 0. The molecule has 0 radical (unpaired) electrons. The summed E-state index contributed by atoms with van der Waals surface area (Å²) >= 11 is 0. The predicted octanol–water partition coefficient (Wildman–Crippen LogP) is 1.45. The monoisotopic (exact) mass is 121 g/mol. The third-order valence-electron chi connectivity index (χ3n) is 0. The zero-order valence-electron chi connectivity index (χ0n) is 2.92. The van der Waals surface area contributed by atoms with Gasteiger partial charge in [-0.3, -0.25) is 0 Å². The van der Waals surface area contributed by atoms with Gasteiger partial charge < -0.3 is 6.15 Å². The molecule has 6 heavy (non-hydrogen) atoms. The highest BCUT2D eigenvalue weighted by Crippen LogP contribution is 1.87. The van der Waals surface area contributed by atoms with Crippen molar-refractivity contribution in [1.82, 2.24) is 6.15 Å². The predicted molar refractivity (Wildman–Crippen MR) is 22.5 cm³/mol. The van der Waals surface area contributed by atoms with Crippen LogP contribution in [0.15, 0.2) is 0 Å². The molecular formula is CH6F3NS. The molecule has 0 amide bonds. The molecule has 0 spiro atoms. The number of rotatable bonds is 0. The summed E-state index contributed by atoms with van der Waals surface area (Å²) < 4.78 is 29.0. The fraction of sp³-hybridized carbons (Fsp3) is 1.00. The van der Waals surface area contributed by atoms with Crippen LogP contribution in [-0.4, -0.2) is 6.68 Å². The zero-order valence-corrected chi connectivity index (χ0v) is 3.92. The number of halogens is 3. The summed E-state index contributed by atoms with van der Waals surface area (Å²) in [6.45, 7) is -3.67. The van der Waals surface area contributed by atoms with Crippen LogP contribution in [-0.2, 0) is 0 Å². The Hall–Kier alpha value is 0.100. The van der Waals surface area contributed by atoms with E-state index < -0.39 is 6.68 Å². The van der Waals surface area contributed by atoms with Gasteiger partial charge in [0.2, 0.25) is 0 Å². The van der Waals surface area contributed by atoms with E-state index in [0.717, 1.165) is 0 Å². The SMILES string of the molecule is FC(F)F.N.S. The Bertz CT molecular complexity index is 15.5. The molecule has 0 aromatic rings. The fourth-order valence-corrected chi connectivity index (χ4v) is 0. The lowest BCUT2D eigenvalue weighted by Crippen LogP contribution is -1.65. The van der Waals surface area contributed by atoms with Gasteiger partial charge in [-0.2, -0.15) is 26.7 Å². The van der Waals surface area contributed by atoms with Crippen molar-refractivity contribution in [1.29, 1.82) is 0 Å². The van der Waals surface area contributed by atoms with Crippen LogP contribution < -0.4 is 6.15 Å². The summed E-state index contributed by atoms with van der Waals surface area (Å²) in [5.74, 6) is 0. The lowest BCUT2D eigenvalue weighted by Gasteiger charge is -1.65. The minimum absolute atomic E-state index is 0. The summed E-state index contributed by atoms with van der Waals surface area (Å²) in [6.07, 6.45) is 0. The van der Waals surface area contributed by atoms with Gasteiger partial charge in [0.15, 0.2) is 0 Å². The summed E-state index contributed by atoms with van der Waals surface area (Å²) in [6, 6.07) is 0. The van der Waals surface area contributed by atoms with E-state index in [1.807, 2.05) is 0 Å². The first-order valence-corrected chi connectivity index (χ1v) is 0.655. The van der Waals surface area contributed by atoms with E-state index in [1.54, 1.807) is 0 Å². The van der Waals surface area contributed by atoms with E-state index in [9.17, 15) is 13.2 Å². The van der Waals surface area contributed by atoms with Gasteiger partial charge in [0.05, 0.1) is 0 Å². The van der Waals surface area contributed by atoms with Crippen molar-refractivity contribution < 1.29 is 13.2 Å². The number of hydrogen-bond donors (Lipinski definition) is 1. The maximum atomic E-state index is 9.67. The van der Waals surface area contributed by atoms with Crippen molar-refractivity contribution in [3.8, 4) is 0 Å². The van der Waals surface area contributed by atoms with Gasteiger partial charge in [-0.05, 0) is 0 Å². The van der Waals surface area contributed by atoms with E-state index in [-0.39, 0.29) is 19.6 Å². The van der Waals surface area contributed by atoms with E-state index in [4.69, 9.17) is 0 Å². The molecule has 0 aromatic heterocycles. The second kappa shape index (κ2) is 8.92. The van der Waals surface area contributed by atoms with Gasteiger partial charge in [0.1, 0.15) is 0 Å². The molecule has 0 atom stereocenters. The molecule has 0 fully saturated rings. The van der Waals surface area contributed by atoms with Gasteiger partial charge in [0.25, 0.3) is 0 Å². The molecule has 0 unspecified atom stereocenters. The van der Waals surface area contributed by atoms with Crippen molar-refractivity contribution >= 4 is 13.5 Å². The largest absolute Gasteiger partial charge is 0.379 e. The molecule has 0 rings (SSSR count). The maximum Gasteiger partial charge on any atom is 0.379 e. The highest BCUT2D eigenvalue weighted by atomic mass is 32.1. The average Bonchev–Trinajstić information content (AvgIpc) is 0.811. The molecule has 0 saturated heterocycles. The molecule has 3 N–H and O–H groups in total. The molecule has 0 aliphatic heterocycles. The number of alkyl halides is 3. The second-order valence-corrected chi connectivity index (χ2v) is 0.247. The molecule has 0 bridgehead atoms. The Morgan fingerprint density at radius 1 is 1.00 bits per heavy atom. The fourth-order valence-electron chi connectivity index (χ4n) is 0. The quantitative estimate of drug-likeness (QED) is 0.517. The van der Waals surface area contributed by atoms with Crippen LogP contribution in [0.2, 0.25) is 0 Å². The Labute approximate surface area is 40.6 Å². The van der Waals surface area contributed by atoms with E-state index in [1.165, 1.54) is 0 Å². The van der Waals surface area contributed by atoms with Crippen molar-refractivity contribution in [2.75, 3.05) is 0 Å². The van der Waals surface area contributed by atoms with Crippen LogP contribution >= 0.6 is 13.5 Å². The Morgan fingerprint density at radius 3 is 1.00 bits per heavy atom. The standard InChI is InChI=1S/CHF3.H3N.H2S/c2-1(3)4;;/h1H;1H3;1H2. The molecule has 5 heteroatoms. The number of hydrogen-bond acceptors (Lipinski definition) is 1. The van der Waals surface area contributed by atoms with Gasteiger partial charge in [-0.15, -0.1) is 0 Å². The molecule has 0 aliphatic carbocycles. The third kappa shape index (κ3) is 3940. The molecule has 1 nitrogen and oxygen atoms in total. The molecular weight excluding hydrogens is 115 g/mol. The third-order valence-corrected chi connectivity index (χ3v) is 0. The molecule has 0 aromatic carbocycles. The lowest BCUT2D eigenvalue weighted by molar-refractivity contribution is 0.00819. The molecule has 0 heterocycles. The van der Waals surface area contributed by atoms with Crippen LogP contribution in [0.5, 0.6) is 0 Å². The average molecular weight is 121 g/mol. The van der Waals surface area contributed by atoms with Gasteiger partial charge in [-0.1, -0.05) is 0 Å². The first-order chi connectivity index (χ1) is 1.73. The smallest absolute Gasteiger partial charge is 0.344 e. The Balaban J connectivity index is -0.0000000450. The lowest BCUT2D eigenvalue weighted by atomic mass is 11.6. The summed E-state index contributed by atoms with van der Waals surface area (Å²) in [4.78, 5) is 0. The van der Waals surface area contributed by atoms with Gasteiger partial charge >= 0.3 is 6.68 Å². The highest BCUT2D eigenvalue weighted by Gasteiger charge is 1.86. The summed E-state index contributed by atoms with van der Waals surface area (Å²) in [7, 11) is 0. The Kier molecular flexibility index (Phi) is 24.5. The van der Waals surface area contributed by atoms with Crippen molar-refractivity contribution in [3.63, 3.8) is 0 Å². The van der Waals surface area contributed by atoms with Crippen LogP contribution in [0, 0.1) is 0 Å². The molecule has 0 aliphatic rings. The maximum absolute atomic E-state index is 9.67. The van der Waals surface area contributed by atoms with Crippen molar-refractivity contribution in [3.05, 3.63) is 0 Å². The minimum Gasteiger partial charge on any atom is -0.344 e. The minimum atomic E-state index is -3.67. The van der Waals surface area contributed by atoms with Crippen LogP contribution in [0.1, 0.15) is 0 Å². The Morgan fingerprint density at radius 2 is 1.00 bits per heavy atom. The first kappa shape index (κ1) is 16.5. The molecule has 0 saturated carbocycles. The van der Waals surface area contributed by atoms with Crippen LogP contribution in [0.4, 0.5) is 13.2 Å². The van der Waals surface area contributed by atoms with E-state index in [0.29, 0.717) is 0 Å². The van der Waals surface area contributed by atoms with Crippen LogP contribution in [0.25, 0.3) is 0 Å². The second-order valence-electron chi connectivity index (χ2n) is 0.247. The van der Waals surface area contributed by atoms with E-state index in [2.05, 4.69) is 0 Å². The zero-order chi connectivity index (χ0) is 3.58. The van der Waals surface area contributed by atoms with Gasteiger partial charge in [0, 0.05) is 0 Å². The normalized spacial score (nSPS) is 6.00. The summed E-state index contributed by atoms with van der Waals surface area (Å²) in [5.41, 5.74) is 0. The first-order valence-electron chi connectivity index (χ1n) is 0.655. The topological polar surface area (TPSA) is 35.0 Å². The van der Waals surface area contributed by atoms with Crippen molar-refractivity contribution in [2.45, 2.75) is 6.68 Å². The van der Waals surface area contributed by atoms with Crippen LogP contribution in [0.3, 0.4) is 0 Å². The van der Waals surface area contributed by atoms with Gasteiger partial charge in [-0.25, -0.2) is 0 Å².